The van der Waals surface area contributed by atoms with Crippen molar-refractivity contribution in [3.8, 4) is 0 Å². The Hall–Kier alpha value is -2.44. The second kappa shape index (κ2) is 6.13. The zero-order valence-electron chi connectivity index (χ0n) is 14.2. The Morgan fingerprint density at radius 1 is 1.28 bits per heavy atom. The molecule has 2 N–H and O–H groups in total. The maximum atomic E-state index is 12.5. The van der Waals surface area contributed by atoms with Crippen molar-refractivity contribution in [1.82, 2.24) is 19.9 Å². The average Bonchev–Trinajstić information content (AvgIpc) is 3.39. The van der Waals surface area contributed by atoms with Crippen molar-refractivity contribution < 1.29 is 4.79 Å². The van der Waals surface area contributed by atoms with Crippen molar-refractivity contribution in [3.05, 3.63) is 38.7 Å². The van der Waals surface area contributed by atoms with Gasteiger partial charge in [-0.3, -0.25) is 19.1 Å². The number of fused-ring (bicyclic) bond motifs is 1. The van der Waals surface area contributed by atoms with Crippen molar-refractivity contribution in [3.63, 3.8) is 0 Å². The lowest BCUT2D eigenvalue weighted by atomic mass is 9.87. The van der Waals surface area contributed by atoms with E-state index in [4.69, 9.17) is 0 Å². The van der Waals surface area contributed by atoms with Crippen molar-refractivity contribution in [2.24, 2.45) is 5.92 Å². The molecule has 2 aliphatic rings. The quantitative estimate of drug-likeness (QED) is 0.888. The molecular weight excluding hydrogens is 320 g/mol. The van der Waals surface area contributed by atoms with E-state index in [0.717, 1.165) is 32.1 Å². The third kappa shape index (κ3) is 3.10. The highest BCUT2D eigenvalue weighted by molar-refractivity contribution is 5.96. The first-order chi connectivity index (χ1) is 12.0. The minimum Gasteiger partial charge on any atom is -0.349 e. The van der Waals surface area contributed by atoms with Crippen LogP contribution in [0.4, 0.5) is 0 Å². The highest BCUT2D eigenvalue weighted by Gasteiger charge is 2.28. The van der Waals surface area contributed by atoms with E-state index in [1.54, 1.807) is 6.07 Å². The van der Waals surface area contributed by atoms with E-state index in [-0.39, 0.29) is 23.4 Å². The van der Waals surface area contributed by atoms with E-state index in [2.05, 4.69) is 22.2 Å². The molecule has 0 saturated heterocycles. The molecule has 4 rings (SSSR count). The zero-order chi connectivity index (χ0) is 17.6. The Balaban J connectivity index is 1.66. The summed E-state index contributed by atoms with van der Waals surface area (Å²) in [4.78, 5) is 43.4. The van der Waals surface area contributed by atoms with E-state index >= 15 is 0 Å². The topological polar surface area (TPSA) is 96.8 Å². The van der Waals surface area contributed by atoms with E-state index in [9.17, 15) is 14.4 Å². The van der Waals surface area contributed by atoms with Gasteiger partial charge >= 0.3 is 5.69 Å². The van der Waals surface area contributed by atoms with Crippen LogP contribution >= 0.6 is 0 Å². The standard InChI is InChI=1S/C18H22N4O3/c1-10-3-2-4-12(7-10)20-16(23)11-8-14-15(19-9-11)22(13-5-6-13)18(25)21-17(14)24/h8-10,12-13H,2-7H2,1H3,(H,20,23)(H,21,24,25)/t10-,12+/m0/s1. The molecular formula is C18H22N4O3. The number of carbonyl (C=O) groups excluding carboxylic acids is 1. The van der Waals surface area contributed by atoms with Crippen LogP contribution < -0.4 is 16.6 Å². The number of H-pyrrole nitrogens is 1. The van der Waals surface area contributed by atoms with Crippen molar-refractivity contribution in [2.75, 3.05) is 0 Å². The second-order valence-corrected chi connectivity index (χ2v) is 7.40. The van der Waals surface area contributed by atoms with Crippen LogP contribution in [-0.2, 0) is 0 Å². The summed E-state index contributed by atoms with van der Waals surface area (Å²) >= 11 is 0. The summed E-state index contributed by atoms with van der Waals surface area (Å²) in [6.45, 7) is 2.20. The summed E-state index contributed by atoms with van der Waals surface area (Å²) in [7, 11) is 0. The van der Waals surface area contributed by atoms with E-state index in [1.165, 1.54) is 17.2 Å². The largest absolute Gasteiger partial charge is 0.349 e. The molecule has 0 spiro atoms. The number of pyridine rings is 1. The predicted octanol–water partition coefficient (Wildman–Crippen LogP) is 1.73. The molecule has 2 aromatic heterocycles. The maximum Gasteiger partial charge on any atom is 0.330 e. The summed E-state index contributed by atoms with van der Waals surface area (Å²) in [5, 5.41) is 3.34. The van der Waals surface area contributed by atoms with Gasteiger partial charge in [0.2, 0.25) is 0 Å². The van der Waals surface area contributed by atoms with Gasteiger partial charge in [-0.25, -0.2) is 9.78 Å². The molecule has 0 bridgehead atoms. The Kier molecular flexibility index (Phi) is 3.94. The highest BCUT2D eigenvalue weighted by Crippen LogP contribution is 2.34. The molecule has 0 aromatic carbocycles. The molecule has 2 atom stereocenters. The van der Waals surface area contributed by atoms with Crippen molar-refractivity contribution >= 4 is 16.9 Å². The monoisotopic (exact) mass is 342 g/mol. The molecule has 7 nitrogen and oxygen atoms in total. The molecule has 0 aliphatic heterocycles. The summed E-state index contributed by atoms with van der Waals surface area (Å²) in [6.07, 6.45) is 7.57. The minimum absolute atomic E-state index is 0.0998. The third-order valence-corrected chi connectivity index (χ3v) is 5.22. The van der Waals surface area contributed by atoms with E-state index < -0.39 is 11.2 Å². The van der Waals surface area contributed by atoms with Gasteiger partial charge in [0.15, 0.2) is 0 Å². The smallest absolute Gasteiger partial charge is 0.330 e. The van der Waals surface area contributed by atoms with Crippen LogP contribution in [0.2, 0.25) is 0 Å². The van der Waals surface area contributed by atoms with Gasteiger partial charge in [0.05, 0.1) is 10.9 Å². The van der Waals surface area contributed by atoms with Gasteiger partial charge in [0, 0.05) is 18.3 Å². The van der Waals surface area contributed by atoms with Crippen molar-refractivity contribution in [1.29, 1.82) is 0 Å². The fraction of sp³-hybridized carbons (Fsp3) is 0.556. The lowest BCUT2D eigenvalue weighted by molar-refractivity contribution is 0.0921. The number of rotatable bonds is 3. The number of aromatic nitrogens is 3. The van der Waals surface area contributed by atoms with Gasteiger partial charge in [0.25, 0.3) is 11.5 Å². The first kappa shape index (κ1) is 16.1. The first-order valence-electron chi connectivity index (χ1n) is 8.98. The van der Waals surface area contributed by atoms with Crippen LogP contribution in [0.3, 0.4) is 0 Å². The number of nitrogens with zero attached hydrogens (tertiary/aromatic N) is 2. The van der Waals surface area contributed by atoms with Crippen LogP contribution in [0, 0.1) is 5.92 Å². The molecule has 2 aliphatic carbocycles. The van der Waals surface area contributed by atoms with Gasteiger partial charge in [-0.05, 0) is 37.7 Å². The highest BCUT2D eigenvalue weighted by atomic mass is 16.2. The summed E-state index contributed by atoms with van der Waals surface area (Å²) < 4.78 is 1.53. The molecule has 25 heavy (non-hydrogen) atoms. The van der Waals surface area contributed by atoms with Crippen molar-refractivity contribution in [2.45, 2.75) is 57.5 Å². The van der Waals surface area contributed by atoms with Crippen LogP contribution in [-0.4, -0.2) is 26.5 Å². The maximum absolute atomic E-state index is 12.5. The SMILES string of the molecule is C[C@H]1CCC[C@@H](NC(=O)c2cnc3c(c2)c(=O)[nH]c(=O)n3C2CC2)C1. The normalized spacial score (nSPS) is 23.6. The van der Waals surface area contributed by atoms with Gasteiger partial charge in [-0.15, -0.1) is 0 Å². The van der Waals surface area contributed by atoms with Crippen LogP contribution in [0.25, 0.3) is 11.0 Å². The molecule has 132 valence electrons. The van der Waals surface area contributed by atoms with Gasteiger partial charge in [0.1, 0.15) is 5.65 Å². The van der Waals surface area contributed by atoms with Crippen LogP contribution in [0.5, 0.6) is 0 Å². The van der Waals surface area contributed by atoms with Gasteiger partial charge in [-0.2, -0.15) is 0 Å². The van der Waals surface area contributed by atoms with Crippen LogP contribution in [0.15, 0.2) is 21.9 Å². The molecule has 2 aromatic rings. The van der Waals surface area contributed by atoms with E-state index in [1.807, 2.05) is 0 Å². The fourth-order valence-electron chi connectivity index (χ4n) is 3.77. The van der Waals surface area contributed by atoms with E-state index in [0.29, 0.717) is 17.1 Å². The summed E-state index contributed by atoms with van der Waals surface area (Å²) in [6, 6.07) is 1.81. The molecule has 1 amide bonds. The molecule has 2 fully saturated rings. The Morgan fingerprint density at radius 3 is 2.80 bits per heavy atom. The Morgan fingerprint density at radius 2 is 2.08 bits per heavy atom. The number of aromatic amines is 1. The number of amides is 1. The minimum atomic E-state index is -0.495. The predicted molar refractivity (Wildman–Crippen MR) is 93.8 cm³/mol. The molecule has 7 heteroatoms. The average molecular weight is 342 g/mol. The summed E-state index contributed by atoms with van der Waals surface area (Å²) in [5.41, 5.74) is -0.206. The second-order valence-electron chi connectivity index (χ2n) is 7.40. The van der Waals surface area contributed by atoms with Gasteiger partial charge < -0.3 is 5.32 Å². The summed E-state index contributed by atoms with van der Waals surface area (Å²) in [5.74, 6) is 0.404. The zero-order valence-corrected chi connectivity index (χ0v) is 14.2. The number of carbonyl (C=O) groups is 1. The lowest BCUT2D eigenvalue weighted by Crippen LogP contribution is -2.38. The lowest BCUT2D eigenvalue weighted by Gasteiger charge is -2.27. The number of hydrogen-bond donors (Lipinski definition) is 2. The fourth-order valence-corrected chi connectivity index (χ4v) is 3.77. The Bertz CT molecular complexity index is 941. The number of nitrogens with one attached hydrogen (secondary N) is 2. The molecule has 2 heterocycles. The third-order valence-electron chi connectivity index (χ3n) is 5.22. The van der Waals surface area contributed by atoms with Gasteiger partial charge in [-0.1, -0.05) is 19.8 Å². The molecule has 2 saturated carbocycles. The number of hydrogen-bond acceptors (Lipinski definition) is 4. The Labute approximate surface area is 144 Å². The molecule has 0 unspecified atom stereocenters. The van der Waals surface area contributed by atoms with Crippen LogP contribution in [0.1, 0.15) is 61.8 Å². The molecule has 0 radical (unpaired) electrons. The first-order valence-corrected chi connectivity index (χ1v) is 8.98.